The Hall–Kier alpha value is -0.835. The third-order valence-corrected chi connectivity index (χ3v) is 5.53. The van der Waals surface area contributed by atoms with E-state index in [0.717, 1.165) is 25.0 Å². The largest absolute Gasteiger partial charge is 0.494 e. The van der Waals surface area contributed by atoms with Crippen molar-refractivity contribution in [2.45, 2.75) is 71.8 Å². The smallest absolute Gasteiger partial charge is 0.399 e. The molecule has 1 aromatic rings. The van der Waals surface area contributed by atoms with E-state index in [0.29, 0.717) is 6.04 Å². The molecule has 0 atom stereocenters. The van der Waals surface area contributed by atoms with Gasteiger partial charge < -0.3 is 9.31 Å². The topological polar surface area (TPSA) is 21.7 Å². The van der Waals surface area contributed by atoms with Gasteiger partial charge in [-0.3, -0.25) is 4.90 Å². The molecule has 0 N–H and O–H groups in total. The van der Waals surface area contributed by atoms with Crippen molar-refractivity contribution in [3.63, 3.8) is 0 Å². The van der Waals surface area contributed by atoms with Crippen molar-refractivity contribution in [2.24, 2.45) is 0 Å². The molecule has 0 amide bonds. The van der Waals surface area contributed by atoms with Gasteiger partial charge in [0.05, 0.1) is 11.2 Å². The average molecular weight is 301 g/mol. The molecule has 0 bridgehead atoms. The fourth-order valence-electron chi connectivity index (χ4n) is 3.17. The van der Waals surface area contributed by atoms with Crippen molar-refractivity contribution in [3.05, 3.63) is 29.3 Å². The molecule has 0 spiro atoms. The van der Waals surface area contributed by atoms with Crippen LogP contribution < -0.4 is 5.46 Å². The van der Waals surface area contributed by atoms with Crippen LogP contribution in [0.4, 0.5) is 0 Å². The Morgan fingerprint density at radius 3 is 2.27 bits per heavy atom. The lowest BCUT2D eigenvalue weighted by molar-refractivity contribution is 0.00578. The van der Waals surface area contributed by atoms with Crippen molar-refractivity contribution >= 4 is 12.6 Å². The molecule has 1 saturated heterocycles. The minimum atomic E-state index is -0.280. The Morgan fingerprint density at radius 2 is 1.68 bits per heavy atom. The van der Waals surface area contributed by atoms with Crippen LogP contribution in [0.15, 0.2) is 18.2 Å². The van der Waals surface area contributed by atoms with E-state index in [2.05, 4.69) is 64.6 Å². The summed E-state index contributed by atoms with van der Waals surface area (Å²) in [5, 5.41) is 0. The minimum Gasteiger partial charge on any atom is -0.399 e. The Labute approximate surface area is 135 Å². The van der Waals surface area contributed by atoms with Crippen molar-refractivity contribution in [1.29, 1.82) is 0 Å². The lowest BCUT2D eigenvalue weighted by atomic mass is 9.77. The van der Waals surface area contributed by atoms with Crippen LogP contribution in [0.2, 0.25) is 0 Å². The first-order valence-electron chi connectivity index (χ1n) is 8.41. The predicted molar refractivity (Wildman–Crippen MR) is 91.4 cm³/mol. The number of fused-ring (bicyclic) bond motifs is 1. The molecule has 0 saturated carbocycles. The van der Waals surface area contributed by atoms with Crippen LogP contribution in [0, 0.1) is 0 Å². The highest BCUT2D eigenvalue weighted by Gasteiger charge is 2.51. The molecule has 1 fully saturated rings. The van der Waals surface area contributed by atoms with Gasteiger partial charge in [-0.15, -0.1) is 0 Å². The Morgan fingerprint density at radius 1 is 1.05 bits per heavy atom. The number of benzene rings is 1. The molecule has 3 nitrogen and oxygen atoms in total. The minimum absolute atomic E-state index is 0.260. The first-order valence-corrected chi connectivity index (χ1v) is 8.41. The summed E-state index contributed by atoms with van der Waals surface area (Å²) in [6.45, 7) is 15.1. The second-order valence-corrected chi connectivity index (χ2v) is 7.93. The highest BCUT2D eigenvalue weighted by molar-refractivity contribution is 6.62. The first kappa shape index (κ1) is 16.0. The summed E-state index contributed by atoms with van der Waals surface area (Å²) in [4.78, 5) is 2.52. The van der Waals surface area contributed by atoms with E-state index in [1.54, 1.807) is 0 Å². The monoisotopic (exact) mass is 301 g/mol. The lowest BCUT2D eigenvalue weighted by Crippen LogP contribution is -2.41. The van der Waals surface area contributed by atoms with Gasteiger partial charge in [0.15, 0.2) is 0 Å². The van der Waals surface area contributed by atoms with Crippen LogP contribution in [0.1, 0.15) is 52.7 Å². The number of nitrogens with zero attached hydrogens (tertiary/aromatic N) is 1. The van der Waals surface area contributed by atoms with E-state index < -0.39 is 0 Å². The van der Waals surface area contributed by atoms with Gasteiger partial charge in [-0.25, -0.2) is 0 Å². The van der Waals surface area contributed by atoms with Gasteiger partial charge in [-0.2, -0.15) is 0 Å². The first-order chi connectivity index (χ1) is 10.2. The number of hydrogen-bond acceptors (Lipinski definition) is 3. The van der Waals surface area contributed by atoms with E-state index in [1.807, 2.05) is 0 Å². The predicted octanol–water partition coefficient (Wildman–Crippen LogP) is 2.75. The Kier molecular flexibility index (Phi) is 3.91. The number of rotatable bonds is 2. The van der Waals surface area contributed by atoms with Crippen molar-refractivity contribution in [1.82, 2.24) is 4.90 Å². The third-order valence-electron chi connectivity index (χ3n) is 5.53. The normalized spacial score (nSPS) is 23.9. The fourth-order valence-corrected chi connectivity index (χ4v) is 3.17. The van der Waals surface area contributed by atoms with Crippen LogP contribution in [-0.4, -0.2) is 35.8 Å². The van der Waals surface area contributed by atoms with E-state index in [9.17, 15) is 0 Å². The van der Waals surface area contributed by atoms with E-state index in [1.165, 1.54) is 11.1 Å². The SMILES string of the molecule is CC(C)N1CCc2ccc(B3OC(C)(C)C(C)(C)O3)cc2C1. The highest BCUT2D eigenvalue weighted by atomic mass is 16.7. The quantitative estimate of drug-likeness (QED) is 0.784. The van der Waals surface area contributed by atoms with Gasteiger partial charge in [0.1, 0.15) is 0 Å². The molecule has 0 aromatic heterocycles. The summed E-state index contributed by atoms with van der Waals surface area (Å²) >= 11 is 0. The Bertz CT molecular complexity index is 552. The van der Waals surface area contributed by atoms with Gasteiger partial charge in [0, 0.05) is 19.1 Å². The summed E-state index contributed by atoms with van der Waals surface area (Å²) < 4.78 is 12.4. The molecule has 2 aliphatic rings. The molecule has 3 rings (SSSR count). The molecule has 0 unspecified atom stereocenters. The van der Waals surface area contributed by atoms with Gasteiger partial charge in [-0.05, 0) is 64.6 Å². The van der Waals surface area contributed by atoms with E-state index >= 15 is 0 Å². The molecule has 1 aromatic carbocycles. The van der Waals surface area contributed by atoms with Crippen molar-refractivity contribution in [2.75, 3.05) is 6.54 Å². The van der Waals surface area contributed by atoms with Gasteiger partial charge in [-0.1, -0.05) is 18.2 Å². The highest BCUT2D eigenvalue weighted by Crippen LogP contribution is 2.36. The summed E-state index contributed by atoms with van der Waals surface area (Å²) in [5.74, 6) is 0. The van der Waals surface area contributed by atoms with E-state index in [-0.39, 0.29) is 18.3 Å². The zero-order valence-electron chi connectivity index (χ0n) is 14.8. The summed E-state index contributed by atoms with van der Waals surface area (Å²) in [7, 11) is -0.260. The lowest BCUT2D eigenvalue weighted by Gasteiger charge is -2.32. The molecule has 120 valence electrons. The maximum absolute atomic E-state index is 6.18. The van der Waals surface area contributed by atoms with Gasteiger partial charge in [0.2, 0.25) is 0 Å². The molecular weight excluding hydrogens is 273 g/mol. The molecule has 22 heavy (non-hydrogen) atoms. The van der Waals surface area contributed by atoms with Gasteiger partial charge in [0.25, 0.3) is 0 Å². The van der Waals surface area contributed by atoms with Crippen molar-refractivity contribution in [3.8, 4) is 0 Å². The molecule has 2 aliphatic heterocycles. The molecule has 2 heterocycles. The molecule has 0 radical (unpaired) electrons. The zero-order valence-corrected chi connectivity index (χ0v) is 14.8. The summed E-state index contributed by atoms with van der Waals surface area (Å²) in [5.41, 5.74) is 3.47. The summed E-state index contributed by atoms with van der Waals surface area (Å²) in [6, 6.07) is 7.31. The van der Waals surface area contributed by atoms with Crippen LogP contribution in [0.25, 0.3) is 0 Å². The Balaban J connectivity index is 1.84. The molecular formula is C18H28BNO2. The van der Waals surface area contributed by atoms with E-state index in [4.69, 9.17) is 9.31 Å². The maximum atomic E-state index is 6.18. The number of hydrogen-bond donors (Lipinski definition) is 0. The van der Waals surface area contributed by atoms with Gasteiger partial charge >= 0.3 is 7.12 Å². The van der Waals surface area contributed by atoms with Crippen LogP contribution in [0.5, 0.6) is 0 Å². The maximum Gasteiger partial charge on any atom is 0.494 e. The molecule has 4 heteroatoms. The van der Waals surface area contributed by atoms with Crippen molar-refractivity contribution < 1.29 is 9.31 Å². The zero-order chi connectivity index (χ0) is 16.1. The summed E-state index contributed by atoms with van der Waals surface area (Å²) in [6.07, 6.45) is 1.14. The van der Waals surface area contributed by atoms with Crippen LogP contribution >= 0.6 is 0 Å². The standard InChI is InChI=1S/C18H28BNO2/c1-13(2)20-10-9-14-7-8-16(11-15(14)12-20)19-21-17(3,4)18(5,6)22-19/h7-8,11,13H,9-10,12H2,1-6H3. The third kappa shape index (κ3) is 2.73. The second kappa shape index (κ2) is 5.36. The van der Waals surface area contributed by atoms with Crippen LogP contribution in [-0.2, 0) is 22.3 Å². The molecule has 0 aliphatic carbocycles. The van der Waals surface area contributed by atoms with Crippen LogP contribution in [0.3, 0.4) is 0 Å². The second-order valence-electron chi connectivity index (χ2n) is 7.93. The average Bonchev–Trinajstić information content (AvgIpc) is 2.66. The fraction of sp³-hybridized carbons (Fsp3) is 0.667.